The van der Waals surface area contributed by atoms with E-state index in [0.29, 0.717) is 35.6 Å². The van der Waals surface area contributed by atoms with Gasteiger partial charge in [0.2, 0.25) is 5.76 Å². The van der Waals surface area contributed by atoms with Crippen LogP contribution in [0.5, 0.6) is 5.75 Å². The highest BCUT2D eigenvalue weighted by Crippen LogP contribution is 2.44. The minimum atomic E-state index is -0.695. The van der Waals surface area contributed by atoms with Crippen LogP contribution in [0, 0.1) is 0 Å². The summed E-state index contributed by atoms with van der Waals surface area (Å²) in [6.07, 6.45) is 0.166. The van der Waals surface area contributed by atoms with Crippen LogP contribution in [0.1, 0.15) is 37.7 Å². The van der Waals surface area contributed by atoms with Crippen molar-refractivity contribution in [1.29, 1.82) is 0 Å². The Morgan fingerprint density at radius 1 is 1.25 bits per heavy atom. The normalized spacial score (nSPS) is 11.7. The van der Waals surface area contributed by atoms with E-state index in [9.17, 15) is 9.59 Å². The Hall–Kier alpha value is -2.94. The van der Waals surface area contributed by atoms with Crippen molar-refractivity contribution in [3.05, 3.63) is 24.0 Å². The highest BCUT2D eigenvalue weighted by molar-refractivity contribution is 7.26. The summed E-state index contributed by atoms with van der Waals surface area (Å²) in [6.45, 7) is 6.29. The number of nitrogen functional groups attached to an aromatic ring is 1. The van der Waals surface area contributed by atoms with Crippen LogP contribution in [0.15, 0.2) is 22.6 Å². The summed E-state index contributed by atoms with van der Waals surface area (Å²) in [5, 5.41) is 3.50. The number of carbonyl (C=O) groups excluding carboxylic acids is 2. The van der Waals surface area contributed by atoms with E-state index in [1.165, 1.54) is 11.3 Å². The molecule has 0 bridgehead atoms. The zero-order valence-corrected chi connectivity index (χ0v) is 16.8. The maximum absolute atomic E-state index is 11.6. The maximum Gasteiger partial charge on any atom is 0.407 e. The van der Waals surface area contributed by atoms with Crippen LogP contribution in [0.3, 0.4) is 0 Å². The third-order valence-corrected chi connectivity index (χ3v) is 5.03. The van der Waals surface area contributed by atoms with Crippen molar-refractivity contribution in [2.45, 2.75) is 32.8 Å². The van der Waals surface area contributed by atoms with Gasteiger partial charge in [0, 0.05) is 11.9 Å². The van der Waals surface area contributed by atoms with Crippen LogP contribution in [0.4, 0.5) is 10.5 Å². The van der Waals surface area contributed by atoms with Crippen LogP contribution >= 0.6 is 11.3 Å². The number of ether oxygens (including phenoxy) is 2. The Morgan fingerprint density at radius 2 is 2.00 bits per heavy atom. The van der Waals surface area contributed by atoms with Gasteiger partial charge in [-0.3, -0.25) is 4.79 Å². The molecule has 1 aromatic carbocycles. The summed E-state index contributed by atoms with van der Waals surface area (Å²) in [4.78, 5) is 23.0. The number of fused-ring (bicyclic) bond motifs is 3. The van der Waals surface area contributed by atoms with E-state index in [2.05, 4.69) is 5.32 Å². The highest BCUT2D eigenvalue weighted by atomic mass is 32.1. The van der Waals surface area contributed by atoms with Crippen molar-refractivity contribution >= 4 is 49.4 Å². The number of rotatable bonds is 6. The first-order valence-electron chi connectivity index (χ1n) is 8.80. The molecule has 2 amide bonds. The largest absolute Gasteiger partial charge is 0.492 e. The molecule has 3 aromatic rings. The number of anilines is 1. The number of primary amides is 1. The molecule has 28 heavy (non-hydrogen) atoms. The smallest absolute Gasteiger partial charge is 0.407 e. The highest BCUT2D eigenvalue weighted by Gasteiger charge is 2.21. The Balaban J connectivity index is 1.65. The van der Waals surface area contributed by atoms with Gasteiger partial charge in [-0.15, -0.1) is 11.3 Å². The van der Waals surface area contributed by atoms with E-state index >= 15 is 0 Å². The van der Waals surface area contributed by atoms with Crippen molar-refractivity contribution in [3.8, 4) is 5.75 Å². The molecule has 0 radical (unpaired) electrons. The number of hydrogen-bond donors (Lipinski definition) is 3. The molecule has 0 saturated carbocycles. The van der Waals surface area contributed by atoms with Gasteiger partial charge in [-0.25, -0.2) is 4.79 Å². The van der Waals surface area contributed by atoms with Gasteiger partial charge in [-0.2, -0.15) is 0 Å². The molecule has 0 spiro atoms. The molecule has 150 valence electrons. The lowest BCUT2D eigenvalue weighted by Crippen LogP contribution is -2.33. The molecular weight excluding hydrogens is 382 g/mol. The van der Waals surface area contributed by atoms with Gasteiger partial charge in [-0.05, 0) is 39.3 Å². The zero-order chi connectivity index (χ0) is 20.5. The number of carbonyl (C=O) groups is 2. The first-order valence-corrected chi connectivity index (χ1v) is 9.62. The molecule has 0 saturated heterocycles. The van der Waals surface area contributed by atoms with E-state index in [-0.39, 0.29) is 11.4 Å². The van der Waals surface area contributed by atoms with Gasteiger partial charge in [0.25, 0.3) is 5.91 Å². The minimum Gasteiger partial charge on any atom is -0.492 e. The molecule has 0 aliphatic carbocycles. The van der Waals surface area contributed by atoms with Gasteiger partial charge in [0.1, 0.15) is 17.0 Å². The minimum absolute atomic E-state index is 0.0253. The Morgan fingerprint density at radius 3 is 2.68 bits per heavy atom. The molecular formula is C19H23N3O5S. The van der Waals surface area contributed by atoms with Crippen molar-refractivity contribution in [3.63, 3.8) is 0 Å². The monoisotopic (exact) mass is 405 g/mol. The fourth-order valence-electron chi connectivity index (χ4n) is 2.67. The SMILES string of the molecule is CC(C)(C)OC(=O)NCCCOc1cccc2c1sc1c(N)c(C(N)=O)oc12. The van der Waals surface area contributed by atoms with Crippen LogP contribution in [0.25, 0.3) is 20.4 Å². The topological polar surface area (TPSA) is 130 Å². The second kappa shape index (κ2) is 7.59. The zero-order valence-electron chi connectivity index (χ0n) is 16.0. The summed E-state index contributed by atoms with van der Waals surface area (Å²) in [5.41, 5.74) is 11.5. The van der Waals surface area contributed by atoms with Crippen LogP contribution in [0.2, 0.25) is 0 Å². The average molecular weight is 405 g/mol. The van der Waals surface area contributed by atoms with Crippen molar-refractivity contribution in [2.24, 2.45) is 5.73 Å². The maximum atomic E-state index is 11.6. The number of benzene rings is 1. The summed E-state index contributed by atoms with van der Waals surface area (Å²) in [7, 11) is 0. The molecule has 0 aliphatic heterocycles. The van der Waals surface area contributed by atoms with E-state index in [1.807, 2.05) is 39.0 Å². The molecule has 2 aromatic heterocycles. The first kappa shape index (κ1) is 19.8. The number of hydrogen-bond acceptors (Lipinski definition) is 7. The number of furan rings is 1. The molecule has 8 nitrogen and oxygen atoms in total. The lowest BCUT2D eigenvalue weighted by Gasteiger charge is -2.19. The molecule has 5 N–H and O–H groups in total. The molecule has 9 heteroatoms. The average Bonchev–Trinajstić information content (AvgIpc) is 3.11. The first-order chi connectivity index (χ1) is 13.2. The van der Waals surface area contributed by atoms with Gasteiger partial charge in [0.15, 0.2) is 5.58 Å². The number of nitrogens with one attached hydrogen (secondary N) is 1. The molecule has 0 unspecified atom stereocenters. The van der Waals surface area contributed by atoms with Gasteiger partial charge >= 0.3 is 6.09 Å². The lowest BCUT2D eigenvalue weighted by molar-refractivity contribution is 0.0525. The molecule has 2 heterocycles. The van der Waals surface area contributed by atoms with Crippen LogP contribution < -0.4 is 21.5 Å². The predicted octanol–water partition coefficient (Wildman–Crippen LogP) is 3.62. The van der Waals surface area contributed by atoms with E-state index in [1.54, 1.807) is 0 Å². The summed E-state index contributed by atoms with van der Waals surface area (Å²) >= 11 is 1.39. The second-order valence-electron chi connectivity index (χ2n) is 7.23. The summed E-state index contributed by atoms with van der Waals surface area (Å²) in [5.74, 6) is -0.0344. The van der Waals surface area contributed by atoms with Crippen LogP contribution in [-0.2, 0) is 4.74 Å². The third-order valence-electron chi connectivity index (χ3n) is 3.80. The van der Waals surface area contributed by atoms with E-state index < -0.39 is 17.6 Å². The van der Waals surface area contributed by atoms with Crippen molar-refractivity contribution < 1.29 is 23.5 Å². The Kier molecular flexibility index (Phi) is 5.37. The number of alkyl carbamates (subject to hydrolysis) is 1. The molecule has 0 aliphatic rings. The third kappa shape index (κ3) is 4.14. The lowest BCUT2D eigenvalue weighted by atomic mass is 10.2. The number of thiophene rings is 1. The van der Waals surface area contributed by atoms with Gasteiger partial charge in [-0.1, -0.05) is 6.07 Å². The molecule has 0 fully saturated rings. The van der Waals surface area contributed by atoms with Gasteiger partial charge in [0.05, 0.1) is 16.0 Å². The van der Waals surface area contributed by atoms with Crippen molar-refractivity contribution in [1.82, 2.24) is 5.32 Å². The fourth-order valence-corrected chi connectivity index (χ4v) is 3.81. The van der Waals surface area contributed by atoms with Crippen LogP contribution in [-0.4, -0.2) is 30.8 Å². The summed E-state index contributed by atoms with van der Waals surface area (Å²) < 4.78 is 18.2. The van der Waals surface area contributed by atoms with Gasteiger partial charge < -0.3 is 30.7 Å². The Labute approximate surface area is 165 Å². The molecule has 3 rings (SSSR count). The fraction of sp³-hybridized carbons (Fsp3) is 0.368. The van der Waals surface area contributed by atoms with E-state index in [0.717, 1.165) is 10.1 Å². The van der Waals surface area contributed by atoms with E-state index in [4.69, 9.17) is 25.4 Å². The predicted molar refractivity (Wildman–Crippen MR) is 109 cm³/mol. The Bertz CT molecular complexity index is 1030. The second-order valence-corrected chi connectivity index (χ2v) is 8.25. The van der Waals surface area contributed by atoms with Crippen molar-refractivity contribution in [2.75, 3.05) is 18.9 Å². The quantitative estimate of drug-likeness (QED) is 0.537. The summed E-state index contributed by atoms with van der Waals surface area (Å²) in [6, 6.07) is 5.56. The number of nitrogens with two attached hydrogens (primary N) is 2. The molecule has 0 atom stereocenters. The standard InChI is InChI=1S/C19H23N3O5S/c1-19(2,3)27-18(24)22-8-5-9-25-11-7-4-6-10-13-16(28-15(10)11)12(20)14(26-13)17(21)23/h4,6-7H,5,8-9,20H2,1-3H3,(H2,21,23)(H,22,24). The number of amides is 2.